The molecule has 0 saturated carbocycles. The van der Waals surface area contributed by atoms with Crippen molar-refractivity contribution in [3.8, 4) is 0 Å². The molecule has 2 rings (SSSR count). The van der Waals surface area contributed by atoms with Crippen molar-refractivity contribution in [3.05, 3.63) is 40.7 Å². The minimum absolute atomic E-state index is 0.00722. The van der Waals surface area contributed by atoms with Crippen LogP contribution >= 0.6 is 0 Å². The lowest BCUT2D eigenvalue weighted by atomic mass is 10.1. The fraction of sp³-hybridized carbons (Fsp3) is 0.438. The highest BCUT2D eigenvalue weighted by Gasteiger charge is 2.08. The highest BCUT2D eigenvalue weighted by Crippen LogP contribution is 2.13. The van der Waals surface area contributed by atoms with E-state index < -0.39 is 0 Å². The third-order valence-electron chi connectivity index (χ3n) is 3.83. The molecule has 0 amide bonds. The van der Waals surface area contributed by atoms with Crippen molar-refractivity contribution in [1.82, 2.24) is 9.47 Å². The molecule has 0 saturated heterocycles. The van der Waals surface area contributed by atoms with E-state index in [1.807, 2.05) is 30.3 Å². The predicted octanol–water partition coefficient (Wildman–Crippen LogP) is 2.31. The van der Waals surface area contributed by atoms with E-state index in [4.69, 9.17) is 5.73 Å². The van der Waals surface area contributed by atoms with E-state index in [1.165, 1.54) is 0 Å². The van der Waals surface area contributed by atoms with E-state index in [9.17, 15) is 4.79 Å². The number of nitrogens with two attached hydrogens (primary N) is 1. The summed E-state index contributed by atoms with van der Waals surface area (Å²) >= 11 is 0. The fourth-order valence-electron chi connectivity index (χ4n) is 2.28. The molecular formula is C16H23N3O. The highest BCUT2D eigenvalue weighted by atomic mass is 16.1. The molecule has 0 aliphatic carbocycles. The third kappa shape index (κ3) is 3.02. The first kappa shape index (κ1) is 14.6. The molecule has 0 radical (unpaired) electrons. The minimum Gasteiger partial charge on any atom is -0.385 e. The van der Waals surface area contributed by atoms with Gasteiger partial charge in [-0.1, -0.05) is 18.2 Å². The lowest BCUT2D eigenvalue weighted by Gasteiger charge is -2.21. The number of nitrogen functional groups attached to an aromatic ring is 1. The Hall–Kier alpha value is -1.81. The van der Waals surface area contributed by atoms with Crippen molar-refractivity contribution in [2.75, 3.05) is 19.3 Å². The molecule has 1 heterocycles. The Morgan fingerprint density at radius 2 is 2.00 bits per heavy atom. The molecule has 1 aromatic heterocycles. The van der Waals surface area contributed by atoms with Crippen LogP contribution in [-0.4, -0.2) is 29.1 Å². The summed E-state index contributed by atoms with van der Waals surface area (Å²) in [5.41, 5.74) is 6.02. The number of fused-ring (bicyclic) bond motifs is 1. The number of nitrogens with zero attached hydrogens (tertiary/aromatic N) is 2. The standard InChI is InChI=1S/C16H23N3O/c1-12(2)18(3)9-6-10-19-15(17)11-13-7-4-5-8-14(13)16(19)20/h4-5,7-8,11-12H,6,9-10,17H2,1-3H3. The van der Waals surface area contributed by atoms with Gasteiger partial charge in [-0.15, -0.1) is 0 Å². The summed E-state index contributed by atoms with van der Waals surface area (Å²) in [7, 11) is 2.09. The van der Waals surface area contributed by atoms with E-state index >= 15 is 0 Å². The van der Waals surface area contributed by atoms with Crippen LogP contribution in [0.2, 0.25) is 0 Å². The van der Waals surface area contributed by atoms with E-state index in [2.05, 4.69) is 25.8 Å². The smallest absolute Gasteiger partial charge is 0.259 e. The Labute approximate surface area is 119 Å². The lowest BCUT2D eigenvalue weighted by Crippen LogP contribution is -2.29. The van der Waals surface area contributed by atoms with Crippen LogP contribution in [0.15, 0.2) is 35.1 Å². The van der Waals surface area contributed by atoms with Gasteiger partial charge in [0.1, 0.15) is 5.82 Å². The van der Waals surface area contributed by atoms with E-state index in [1.54, 1.807) is 4.57 Å². The number of rotatable bonds is 5. The van der Waals surface area contributed by atoms with Gasteiger partial charge in [-0.25, -0.2) is 0 Å². The van der Waals surface area contributed by atoms with Gasteiger partial charge in [-0.05, 0) is 51.4 Å². The zero-order valence-electron chi connectivity index (χ0n) is 12.5. The molecule has 0 bridgehead atoms. The van der Waals surface area contributed by atoms with Crippen molar-refractivity contribution in [2.45, 2.75) is 32.9 Å². The van der Waals surface area contributed by atoms with Crippen LogP contribution in [-0.2, 0) is 6.54 Å². The van der Waals surface area contributed by atoms with Crippen LogP contribution in [0.25, 0.3) is 10.8 Å². The molecule has 0 atom stereocenters. The monoisotopic (exact) mass is 273 g/mol. The summed E-state index contributed by atoms with van der Waals surface area (Å²) < 4.78 is 1.68. The molecule has 1 aromatic carbocycles. The Kier molecular flexibility index (Phi) is 4.45. The molecule has 20 heavy (non-hydrogen) atoms. The highest BCUT2D eigenvalue weighted by molar-refractivity contribution is 5.83. The summed E-state index contributed by atoms with van der Waals surface area (Å²) in [6.45, 7) is 5.94. The average molecular weight is 273 g/mol. The summed E-state index contributed by atoms with van der Waals surface area (Å²) in [5, 5.41) is 1.64. The third-order valence-corrected chi connectivity index (χ3v) is 3.83. The van der Waals surface area contributed by atoms with Gasteiger partial charge in [0.2, 0.25) is 0 Å². The van der Waals surface area contributed by atoms with Crippen molar-refractivity contribution >= 4 is 16.6 Å². The maximum atomic E-state index is 12.4. The number of hydrogen-bond acceptors (Lipinski definition) is 3. The van der Waals surface area contributed by atoms with Crippen molar-refractivity contribution in [2.24, 2.45) is 0 Å². The zero-order valence-corrected chi connectivity index (χ0v) is 12.5. The van der Waals surface area contributed by atoms with Gasteiger partial charge in [0.25, 0.3) is 5.56 Å². The Balaban J connectivity index is 2.20. The Bertz CT molecular complexity index is 646. The van der Waals surface area contributed by atoms with E-state index in [0.29, 0.717) is 18.4 Å². The van der Waals surface area contributed by atoms with Crippen molar-refractivity contribution < 1.29 is 0 Å². The molecule has 2 N–H and O–H groups in total. The summed E-state index contributed by atoms with van der Waals surface area (Å²) in [6, 6.07) is 9.97. The number of aromatic nitrogens is 1. The molecule has 108 valence electrons. The molecule has 4 heteroatoms. The number of pyridine rings is 1. The number of hydrogen-bond donors (Lipinski definition) is 1. The number of benzene rings is 1. The average Bonchev–Trinajstić information content (AvgIpc) is 2.42. The number of anilines is 1. The van der Waals surface area contributed by atoms with E-state index in [-0.39, 0.29) is 5.56 Å². The first-order chi connectivity index (χ1) is 9.50. The van der Waals surface area contributed by atoms with Crippen molar-refractivity contribution in [3.63, 3.8) is 0 Å². The van der Waals surface area contributed by atoms with Crippen LogP contribution in [0.5, 0.6) is 0 Å². The van der Waals surface area contributed by atoms with Gasteiger partial charge in [0, 0.05) is 18.0 Å². The van der Waals surface area contributed by atoms with Crippen molar-refractivity contribution in [1.29, 1.82) is 0 Å². The van der Waals surface area contributed by atoms with Crippen LogP contribution in [0.1, 0.15) is 20.3 Å². The zero-order chi connectivity index (χ0) is 14.7. The molecule has 0 aliphatic heterocycles. The maximum absolute atomic E-state index is 12.4. The van der Waals surface area contributed by atoms with Crippen LogP contribution in [0.4, 0.5) is 5.82 Å². The van der Waals surface area contributed by atoms with Gasteiger partial charge in [0.05, 0.1) is 0 Å². The normalized spacial score (nSPS) is 11.7. The molecule has 0 aliphatic rings. The van der Waals surface area contributed by atoms with Crippen LogP contribution < -0.4 is 11.3 Å². The minimum atomic E-state index is 0.00722. The maximum Gasteiger partial charge on any atom is 0.259 e. The summed E-state index contributed by atoms with van der Waals surface area (Å²) in [6.07, 6.45) is 0.914. The topological polar surface area (TPSA) is 51.3 Å². The SMILES string of the molecule is CC(C)N(C)CCCn1c(N)cc2ccccc2c1=O. The van der Waals surface area contributed by atoms with Gasteiger partial charge in [0.15, 0.2) is 0 Å². The van der Waals surface area contributed by atoms with E-state index in [0.717, 1.165) is 23.7 Å². The molecule has 4 nitrogen and oxygen atoms in total. The fourth-order valence-corrected chi connectivity index (χ4v) is 2.28. The first-order valence-corrected chi connectivity index (χ1v) is 7.09. The van der Waals surface area contributed by atoms with Crippen LogP contribution in [0, 0.1) is 0 Å². The van der Waals surface area contributed by atoms with Gasteiger partial charge in [-0.3, -0.25) is 9.36 Å². The second-order valence-electron chi connectivity index (χ2n) is 5.54. The molecule has 0 unspecified atom stereocenters. The largest absolute Gasteiger partial charge is 0.385 e. The van der Waals surface area contributed by atoms with Gasteiger partial charge in [-0.2, -0.15) is 0 Å². The quantitative estimate of drug-likeness (QED) is 0.909. The first-order valence-electron chi connectivity index (χ1n) is 7.09. The Morgan fingerprint density at radius 3 is 2.70 bits per heavy atom. The molecule has 0 fully saturated rings. The lowest BCUT2D eigenvalue weighted by molar-refractivity contribution is 0.265. The second-order valence-corrected chi connectivity index (χ2v) is 5.54. The van der Waals surface area contributed by atoms with Crippen LogP contribution in [0.3, 0.4) is 0 Å². The summed E-state index contributed by atoms with van der Waals surface area (Å²) in [5.74, 6) is 0.543. The molecule has 0 spiro atoms. The molecule has 2 aromatic rings. The van der Waals surface area contributed by atoms with Gasteiger partial charge < -0.3 is 10.6 Å². The molecular weight excluding hydrogens is 250 g/mol. The predicted molar refractivity (Wildman–Crippen MR) is 85.0 cm³/mol. The second kappa shape index (κ2) is 6.09. The van der Waals surface area contributed by atoms with Gasteiger partial charge >= 0.3 is 0 Å². The Morgan fingerprint density at radius 1 is 1.30 bits per heavy atom. The summed E-state index contributed by atoms with van der Waals surface area (Å²) in [4.78, 5) is 14.7.